The first-order chi connectivity index (χ1) is 10.2. The molecule has 0 saturated carbocycles. The van der Waals surface area contributed by atoms with Gasteiger partial charge in [-0.3, -0.25) is 0 Å². The van der Waals surface area contributed by atoms with Crippen molar-refractivity contribution < 1.29 is 9.84 Å². The monoisotopic (exact) mass is 292 g/mol. The number of aliphatic hydroxyl groups excluding tert-OH is 1. The van der Waals surface area contributed by atoms with Crippen LogP contribution in [-0.2, 0) is 0 Å². The number of hydrogen-bond acceptors (Lipinski definition) is 4. The molecule has 2 rings (SSSR count). The second-order valence-corrected chi connectivity index (χ2v) is 6.01. The van der Waals surface area contributed by atoms with E-state index in [1.54, 1.807) is 6.07 Å². The summed E-state index contributed by atoms with van der Waals surface area (Å²) in [7, 11) is 0. The van der Waals surface area contributed by atoms with E-state index in [9.17, 15) is 5.11 Å². The van der Waals surface area contributed by atoms with Crippen molar-refractivity contribution in [3.05, 3.63) is 24.3 Å². The van der Waals surface area contributed by atoms with Gasteiger partial charge in [0.1, 0.15) is 18.5 Å². The van der Waals surface area contributed by atoms with E-state index in [1.807, 2.05) is 18.2 Å². The van der Waals surface area contributed by atoms with Gasteiger partial charge in [-0.2, -0.15) is 0 Å². The first kappa shape index (κ1) is 16.1. The highest BCUT2D eigenvalue weighted by molar-refractivity contribution is 5.51. The lowest BCUT2D eigenvalue weighted by Crippen LogP contribution is -2.36. The fraction of sp³-hybridized carbons (Fsp3) is 0.647. The number of nitrogen functional groups attached to an aromatic ring is 1. The molecule has 2 atom stereocenters. The summed E-state index contributed by atoms with van der Waals surface area (Å²) in [5.41, 5.74) is 6.44. The molecule has 1 aromatic carbocycles. The average Bonchev–Trinajstić information content (AvgIpc) is 2.71. The fourth-order valence-electron chi connectivity index (χ4n) is 2.96. The third-order valence-electron chi connectivity index (χ3n) is 4.34. The summed E-state index contributed by atoms with van der Waals surface area (Å²) in [5, 5.41) is 10.2. The Morgan fingerprint density at radius 1 is 1.33 bits per heavy atom. The summed E-state index contributed by atoms with van der Waals surface area (Å²) in [5.74, 6) is 1.51. The molecule has 1 saturated heterocycles. The quantitative estimate of drug-likeness (QED) is 0.791. The zero-order valence-corrected chi connectivity index (χ0v) is 13.0. The van der Waals surface area contributed by atoms with Crippen LogP contribution in [0.15, 0.2) is 24.3 Å². The van der Waals surface area contributed by atoms with Crippen molar-refractivity contribution in [1.82, 2.24) is 4.90 Å². The van der Waals surface area contributed by atoms with E-state index in [0.29, 0.717) is 24.6 Å². The van der Waals surface area contributed by atoms with E-state index in [1.165, 1.54) is 25.7 Å². The number of likely N-dealkylation sites (tertiary alicyclic amines) is 1. The number of nitrogens with two attached hydrogens (primary N) is 1. The predicted molar refractivity (Wildman–Crippen MR) is 86.4 cm³/mol. The van der Waals surface area contributed by atoms with Crippen LogP contribution in [0.3, 0.4) is 0 Å². The molecule has 1 aliphatic rings. The Kier molecular flexibility index (Phi) is 6.33. The molecule has 1 fully saturated rings. The second kappa shape index (κ2) is 8.25. The zero-order valence-electron chi connectivity index (χ0n) is 13.0. The highest BCUT2D eigenvalue weighted by Gasteiger charge is 2.18. The maximum atomic E-state index is 10.2. The number of aliphatic hydroxyl groups is 1. The molecule has 1 heterocycles. The molecule has 0 amide bonds. The summed E-state index contributed by atoms with van der Waals surface area (Å²) in [4.78, 5) is 2.36. The summed E-state index contributed by atoms with van der Waals surface area (Å²) < 4.78 is 5.61. The Balaban J connectivity index is 1.74. The van der Waals surface area contributed by atoms with Crippen molar-refractivity contribution in [3.63, 3.8) is 0 Å². The summed E-state index contributed by atoms with van der Waals surface area (Å²) in [6.07, 6.45) is 4.60. The summed E-state index contributed by atoms with van der Waals surface area (Å²) >= 11 is 0. The van der Waals surface area contributed by atoms with E-state index in [4.69, 9.17) is 10.5 Å². The van der Waals surface area contributed by atoms with E-state index >= 15 is 0 Å². The highest BCUT2D eigenvalue weighted by Crippen LogP contribution is 2.21. The Morgan fingerprint density at radius 3 is 2.90 bits per heavy atom. The molecule has 0 spiro atoms. The lowest BCUT2D eigenvalue weighted by atomic mass is 9.98. The van der Waals surface area contributed by atoms with Crippen LogP contribution in [0.25, 0.3) is 0 Å². The Hall–Kier alpha value is -1.26. The van der Waals surface area contributed by atoms with Gasteiger partial charge in [-0.1, -0.05) is 25.5 Å². The van der Waals surface area contributed by atoms with Crippen molar-refractivity contribution in [2.24, 2.45) is 5.92 Å². The van der Waals surface area contributed by atoms with Crippen LogP contribution in [0.4, 0.5) is 5.69 Å². The van der Waals surface area contributed by atoms with Crippen LogP contribution in [0, 0.1) is 5.92 Å². The molecule has 4 heteroatoms. The Labute approximate surface area is 127 Å². The van der Waals surface area contributed by atoms with Crippen molar-refractivity contribution in [3.8, 4) is 5.75 Å². The van der Waals surface area contributed by atoms with Gasteiger partial charge in [-0.15, -0.1) is 0 Å². The van der Waals surface area contributed by atoms with Gasteiger partial charge in [0.15, 0.2) is 0 Å². The molecular formula is C17H28N2O2. The van der Waals surface area contributed by atoms with Crippen LogP contribution >= 0.6 is 0 Å². The van der Waals surface area contributed by atoms with Crippen LogP contribution in [0.5, 0.6) is 5.75 Å². The standard InChI is InChI=1S/C17H28N2O2/c1-2-14-6-5-10-19(11-9-14)12-15(20)13-21-17-8-4-3-7-16(17)18/h3-4,7-8,14-15,20H,2,5-6,9-13,18H2,1H3. The second-order valence-electron chi connectivity index (χ2n) is 6.01. The maximum absolute atomic E-state index is 10.2. The Morgan fingerprint density at radius 2 is 2.14 bits per heavy atom. The first-order valence-corrected chi connectivity index (χ1v) is 8.06. The van der Waals surface area contributed by atoms with Crippen molar-refractivity contribution >= 4 is 5.69 Å². The normalized spacial score (nSPS) is 21.7. The smallest absolute Gasteiger partial charge is 0.142 e. The van der Waals surface area contributed by atoms with Crippen molar-refractivity contribution in [2.45, 2.75) is 38.7 Å². The fourth-order valence-corrected chi connectivity index (χ4v) is 2.96. The lowest BCUT2D eigenvalue weighted by Gasteiger charge is -2.23. The van der Waals surface area contributed by atoms with Gasteiger partial charge in [0.25, 0.3) is 0 Å². The van der Waals surface area contributed by atoms with E-state index in [0.717, 1.165) is 19.0 Å². The molecule has 0 aromatic heterocycles. The topological polar surface area (TPSA) is 58.7 Å². The zero-order chi connectivity index (χ0) is 15.1. The third-order valence-corrected chi connectivity index (χ3v) is 4.34. The van der Waals surface area contributed by atoms with E-state index < -0.39 is 6.10 Å². The lowest BCUT2D eigenvalue weighted by molar-refractivity contribution is 0.0693. The minimum Gasteiger partial charge on any atom is -0.489 e. The van der Waals surface area contributed by atoms with Gasteiger partial charge in [-0.05, 0) is 50.4 Å². The van der Waals surface area contributed by atoms with E-state index in [2.05, 4.69) is 11.8 Å². The maximum Gasteiger partial charge on any atom is 0.142 e. The molecule has 0 radical (unpaired) electrons. The number of rotatable bonds is 6. The molecule has 3 N–H and O–H groups in total. The van der Waals surface area contributed by atoms with Gasteiger partial charge in [-0.25, -0.2) is 0 Å². The number of ether oxygens (including phenoxy) is 1. The van der Waals surface area contributed by atoms with Crippen LogP contribution in [0.1, 0.15) is 32.6 Å². The number of β-amino-alcohol motifs (C(OH)–C–C–N with tert-alkyl or cyclic N) is 1. The summed E-state index contributed by atoms with van der Waals surface area (Å²) in [6, 6.07) is 7.40. The highest BCUT2D eigenvalue weighted by atomic mass is 16.5. The van der Waals surface area contributed by atoms with Crippen molar-refractivity contribution in [2.75, 3.05) is 32.0 Å². The minimum atomic E-state index is -0.470. The van der Waals surface area contributed by atoms with Crippen LogP contribution in [-0.4, -0.2) is 42.4 Å². The predicted octanol–water partition coefficient (Wildman–Crippen LogP) is 2.52. The molecular weight excluding hydrogens is 264 g/mol. The largest absolute Gasteiger partial charge is 0.489 e. The third kappa shape index (κ3) is 5.21. The summed E-state index contributed by atoms with van der Waals surface area (Å²) in [6.45, 7) is 5.42. The number of para-hydroxylation sites is 2. The first-order valence-electron chi connectivity index (χ1n) is 8.06. The number of hydrogen-bond donors (Lipinski definition) is 2. The van der Waals surface area contributed by atoms with Gasteiger partial charge in [0, 0.05) is 6.54 Å². The van der Waals surface area contributed by atoms with Crippen LogP contribution in [0.2, 0.25) is 0 Å². The molecule has 0 aliphatic carbocycles. The van der Waals surface area contributed by atoms with Crippen molar-refractivity contribution in [1.29, 1.82) is 0 Å². The number of anilines is 1. The number of nitrogens with zero attached hydrogens (tertiary/aromatic N) is 1. The van der Waals surface area contributed by atoms with E-state index in [-0.39, 0.29) is 0 Å². The molecule has 21 heavy (non-hydrogen) atoms. The molecule has 1 aromatic rings. The number of benzene rings is 1. The van der Waals surface area contributed by atoms with Gasteiger partial charge < -0.3 is 20.5 Å². The molecule has 118 valence electrons. The molecule has 1 aliphatic heterocycles. The SMILES string of the molecule is CCC1CCCN(CC(O)COc2ccccc2N)CC1. The molecule has 4 nitrogen and oxygen atoms in total. The minimum absolute atomic E-state index is 0.294. The van der Waals surface area contributed by atoms with Gasteiger partial charge in [0.05, 0.1) is 5.69 Å². The molecule has 2 unspecified atom stereocenters. The van der Waals surface area contributed by atoms with Crippen LogP contribution < -0.4 is 10.5 Å². The average molecular weight is 292 g/mol. The molecule has 0 bridgehead atoms. The van der Waals surface area contributed by atoms with Gasteiger partial charge in [0.2, 0.25) is 0 Å². The Bertz CT molecular complexity index is 425. The van der Waals surface area contributed by atoms with Gasteiger partial charge >= 0.3 is 0 Å².